The van der Waals surface area contributed by atoms with Crippen LogP contribution in [0, 0.1) is 35.6 Å². The first kappa shape index (κ1) is 29.4. The van der Waals surface area contributed by atoms with Gasteiger partial charge in [-0.25, -0.2) is 0 Å². The predicted molar refractivity (Wildman–Crippen MR) is 21.3 cm³/mol. The van der Waals surface area contributed by atoms with Gasteiger partial charge in [-0.15, -0.1) is 0 Å². The average Bonchev–Trinajstić information content (AvgIpc) is 0. The molecule has 0 spiro atoms. The molecule has 0 fully saturated rings. The summed E-state index contributed by atoms with van der Waals surface area (Å²) in [5, 5.41) is 0. The fourth-order valence-corrected chi connectivity index (χ4v) is 0. The van der Waals surface area contributed by atoms with E-state index in [1.165, 1.54) is 0 Å². The van der Waals surface area contributed by atoms with E-state index in [1.54, 1.807) is 0 Å². The summed E-state index contributed by atoms with van der Waals surface area (Å²) in [7, 11) is 0. The van der Waals surface area contributed by atoms with Crippen LogP contribution in [0.1, 0.15) is 0 Å². The van der Waals surface area contributed by atoms with Gasteiger partial charge in [-0.05, 0) is 0 Å². The van der Waals surface area contributed by atoms with E-state index < -0.39 is 0 Å². The zero-order valence-corrected chi connectivity index (χ0v) is 5.51. The van der Waals surface area contributed by atoms with Gasteiger partial charge in [0.15, 0.2) is 17.4 Å². The molecule has 4 heavy (non-hydrogen) atoms. The third-order valence-corrected chi connectivity index (χ3v) is 0. The molecule has 0 saturated heterocycles. The van der Waals surface area contributed by atoms with Crippen LogP contribution in [0.15, 0.2) is 0 Å². The Hall–Kier alpha value is 2.76. The van der Waals surface area contributed by atoms with E-state index in [0.717, 1.165) is 0 Å². The molecular formula is H7AlGeLaNi. The molecule has 0 aromatic rings. The third kappa shape index (κ3) is 8.83. The van der Waals surface area contributed by atoms with Gasteiger partial charge in [-0.3, -0.25) is 0 Å². The van der Waals surface area contributed by atoms with Crippen molar-refractivity contribution < 1.29 is 52.1 Å². The van der Waals surface area contributed by atoms with Crippen molar-refractivity contribution in [3.63, 3.8) is 0 Å². The normalized spacial score (nSPS) is 0. The van der Waals surface area contributed by atoms with Crippen molar-refractivity contribution in [1.29, 1.82) is 0 Å². The number of hydrogen-bond acceptors (Lipinski definition) is 0. The van der Waals surface area contributed by atoms with Gasteiger partial charge in [-0.1, -0.05) is 0 Å². The Labute approximate surface area is 85.5 Å². The standard InChI is InChI=1S/Al.GeH4.La.Ni.3H/h;1H4;;;;;. The van der Waals surface area contributed by atoms with E-state index >= 15 is 0 Å². The van der Waals surface area contributed by atoms with Crippen LogP contribution >= 0.6 is 0 Å². The Morgan fingerprint density at radius 3 is 1.00 bits per heavy atom. The molecule has 0 unspecified atom stereocenters. The fourth-order valence-electron chi connectivity index (χ4n) is 0. The van der Waals surface area contributed by atoms with Crippen molar-refractivity contribution in [2.75, 3.05) is 0 Å². The minimum atomic E-state index is 0. The average molecular weight is 304 g/mol. The van der Waals surface area contributed by atoms with Crippen LogP contribution in [0.4, 0.5) is 0 Å². The van der Waals surface area contributed by atoms with Crippen LogP contribution in [0.25, 0.3) is 0 Å². The molecule has 4 heteroatoms. The van der Waals surface area contributed by atoms with Crippen LogP contribution in [-0.4, -0.2) is 35.0 Å². The molecule has 0 N–H and O–H groups in total. The second kappa shape index (κ2) is 17.1. The van der Waals surface area contributed by atoms with Gasteiger partial charge >= 0.3 is 17.6 Å². The molecule has 0 aromatic carbocycles. The Bertz CT molecular complexity index is 8.00. The quantitative estimate of drug-likeness (QED) is 0.429. The third-order valence-electron chi connectivity index (χ3n) is 0. The van der Waals surface area contributed by atoms with Crippen LogP contribution in [-0.2, 0) is 16.5 Å². The molecule has 0 aliphatic heterocycles. The van der Waals surface area contributed by atoms with Crippen molar-refractivity contribution in [3.05, 3.63) is 0 Å². The molecule has 0 aromatic heterocycles. The molecule has 1 radical (unpaired) electrons. The Balaban J connectivity index is 0. The van der Waals surface area contributed by atoms with Crippen molar-refractivity contribution >= 4 is 35.0 Å². The van der Waals surface area contributed by atoms with Crippen molar-refractivity contribution in [1.82, 2.24) is 0 Å². The molecule has 0 saturated carbocycles. The van der Waals surface area contributed by atoms with Crippen LogP contribution < -0.4 is 0 Å². The molecule has 0 heterocycles. The zero-order valence-electron chi connectivity index (χ0n) is 0.894. The van der Waals surface area contributed by atoms with Gasteiger partial charge in [0.25, 0.3) is 0 Å². The topological polar surface area (TPSA) is 0 Å². The maximum Gasteiger partial charge on any atom is 0 e. The monoisotopic (exact) mass is 305 g/mol. The van der Waals surface area contributed by atoms with E-state index in [0.29, 0.717) is 0 Å². The summed E-state index contributed by atoms with van der Waals surface area (Å²) < 4.78 is 0. The van der Waals surface area contributed by atoms with Gasteiger partial charge in [0, 0.05) is 52.1 Å². The van der Waals surface area contributed by atoms with E-state index in [-0.39, 0.29) is 87.0 Å². The van der Waals surface area contributed by atoms with Crippen molar-refractivity contribution in [2.24, 2.45) is 0 Å². The predicted octanol–water partition coefficient (Wildman–Crippen LogP) is -2.64. The second-order valence-corrected chi connectivity index (χ2v) is 0. The first-order valence-corrected chi connectivity index (χ1v) is 0. The smallest absolute Gasteiger partial charge is 0 e. The molecule has 0 nitrogen and oxygen atoms in total. The van der Waals surface area contributed by atoms with Gasteiger partial charge in [0.2, 0.25) is 0 Å². The number of rotatable bonds is 0. The van der Waals surface area contributed by atoms with Crippen molar-refractivity contribution in [2.45, 2.75) is 0 Å². The summed E-state index contributed by atoms with van der Waals surface area (Å²) >= 11 is 0. The molecule has 0 amide bonds. The zero-order chi connectivity index (χ0) is 0. The minimum absolute atomic E-state index is 0. The molecule has 0 aliphatic rings. The summed E-state index contributed by atoms with van der Waals surface area (Å²) in [6.45, 7) is 0. The molecule has 0 bridgehead atoms. The van der Waals surface area contributed by atoms with Gasteiger partial charge in [0.05, 0.1) is 0 Å². The molecular weight excluding hydrogens is 297 g/mol. The fraction of sp³-hybridized carbons (Fsp3) is 0. The minimum Gasteiger partial charge on any atom is 0 e. The maximum absolute atomic E-state index is 0. The number of hydrogen-bond donors (Lipinski definition) is 0. The Morgan fingerprint density at radius 2 is 1.00 bits per heavy atom. The van der Waals surface area contributed by atoms with Crippen LogP contribution in [0.2, 0.25) is 0 Å². The van der Waals surface area contributed by atoms with Crippen LogP contribution in [0.3, 0.4) is 0 Å². The Kier molecular flexibility index (Phi) is 126. The van der Waals surface area contributed by atoms with Gasteiger partial charge < -0.3 is 0 Å². The van der Waals surface area contributed by atoms with Crippen LogP contribution in [0.5, 0.6) is 0 Å². The first-order chi connectivity index (χ1) is 0. The molecule has 27 valence electrons. The summed E-state index contributed by atoms with van der Waals surface area (Å²) in [5.41, 5.74) is 0. The molecule has 0 aliphatic carbocycles. The van der Waals surface area contributed by atoms with E-state index in [4.69, 9.17) is 0 Å². The van der Waals surface area contributed by atoms with Gasteiger partial charge in [0.1, 0.15) is 0 Å². The first-order valence-electron chi connectivity index (χ1n) is 0. The largest absolute Gasteiger partial charge is 0 e. The SMILES string of the molecule is [AlH3].[GeH4].[La].[Ni]. The molecule has 0 atom stereocenters. The summed E-state index contributed by atoms with van der Waals surface area (Å²) in [5.74, 6) is 0. The van der Waals surface area contributed by atoms with E-state index in [2.05, 4.69) is 0 Å². The Morgan fingerprint density at radius 1 is 1.00 bits per heavy atom. The second-order valence-electron chi connectivity index (χ2n) is 0. The summed E-state index contributed by atoms with van der Waals surface area (Å²) in [4.78, 5) is 0. The maximum atomic E-state index is 0. The summed E-state index contributed by atoms with van der Waals surface area (Å²) in [6, 6.07) is 0. The van der Waals surface area contributed by atoms with Gasteiger partial charge in [-0.2, -0.15) is 0 Å². The van der Waals surface area contributed by atoms with E-state index in [1.807, 2.05) is 0 Å². The van der Waals surface area contributed by atoms with E-state index in [9.17, 15) is 0 Å². The summed E-state index contributed by atoms with van der Waals surface area (Å²) in [6.07, 6.45) is 0. The van der Waals surface area contributed by atoms with Crippen molar-refractivity contribution in [3.8, 4) is 0 Å². The molecule has 0 rings (SSSR count).